The Hall–Kier alpha value is -1.95. The maximum atomic E-state index is 15.5. The molecule has 1 saturated heterocycles. The van der Waals surface area contributed by atoms with Crippen LogP contribution in [0.5, 0.6) is 0 Å². The van der Waals surface area contributed by atoms with E-state index in [1.807, 2.05) is 0 Å². The lowest BCUT2D eigenvalue weighted by Crippen LogP contribution is -2.84. The molecule has 10 nitrogen and oxygen atoms in total. The molecule has 0 aliphatic carbocycles. The molecule has 0 aromatic heterocycles. The maximum absolute atomic E-state index is 15.5. The van der Waals surface area contributed by atoms with E-state index in [2.05, 4.69) is 14.2 Å². The molecule has 0 aromatic rings. The smallest absolute Gasteiger partial charge is 0.418 e. The highest BCUT2D eigenvalue weighted by atomic mass is 19.2. The van der Waals surface area contributed by atoms with E-state index >= 15 is 4.39 Å². The lowest BCUT2D eigenvalue weighted by atomic mass is 9.68. The molecule has 1 heterocycles. The van der Waals surface area contributed by atoms with Crippen molar-refractivity contribution in [3.8, 4) is 0 Å². The Labute approximate surface area is 141 Å². The summed E-state index contributed by atoms with van der Waals surface area (Å²) >= 11 is 0. The number of Topliss-reactive ketones (excluding diaryl/α,β-unsaturated/α-hetero) is 2. The lowest BCUT2D eigenvalue weighted by Gasteiger charge is -2.55. The monoisotopic (exact) mass is 366 g/mol. The van der Waals surface area contributed by atoms with Gasteiger partial charge in [-0.05, 0) is 13.8 Å². The van der Waals surface area contributed by atoms with E-state index in [1.165, 1.54) is 0 Å². The molecule has 0 radical (unpaired) electrons. The first-order valence-electron chi connectivity index (χ1n) is 7.09. The van der Waals surface area contributed by atoms with Crippen LogP contribution in [-0.2, 0) is 33.4 Å². The van der Waals surface area contributed by atoms with Crippen molar-refractivity contribution in [2.45, 2.75) is 57.1 Å². The third kappa shape index (κ3) is 2.92. The first-order valence-corrected chi connectivity index (χ1v) is 7.09. The van der Waals surface area contributed by atoms with Gasteiger partial charge in [-0.1, -0.05) is 0 Å². The highest BCUT2D eigenvalue weighted by Gasteiger charge is 2.82. The molecular weight excluding hydrogens is 347 g/mol. The number of ketones is 2. The van der Waals surface area contributed by atoms with E-state index in [9.17, 15) is 34.5 Å². The zero-order valence-corrected chi connectivity index (χ0v) is 13.9. The molecule has 25 heavy (non-hydrogen) atoms. The van der Waals surface area contributed by atoms with E-state index in [0.29, 0.717) is 13.8 Å². The molecule has 1 aliphatic heterocycles. The number of halogens is 1. The van der Waals surface area contributed by atoms with Gasteiger partial charge in [0, 0.05) is 13.8 Å². The fraction of sp³-hybridized carbons (Fsp3) is 0.714. The lowest BCUT2D eigenvalue weighted by molar-refractivity contribution is -0.437. The average molecular weight is 366 g/mol. The highest BCUT2D eigenvalue weighted by Crippen LogP contribution is 2.50. The van der Waals surface area contributed by atoms with Crippen LogP contribution >= 0.6 is 0 Å². The van der Waals surface area contributed by atoms with Crippen molar-refractivity contribution in [3.63, 3.8) is 0 Å². The molecule has 1 aliphatic rings. The van der Waals surface area contributed by atoms with E-state index in [1.54, 1.807) is 0 Å². The van der Waals surface area contributed by atoms with Crippen molar-refractivity contribution in [2.24, 2.45) is 0 Å². The molecule has 0 unspecified atom stereocenters. The van der Waals surface area contributed by atoms with Crippen LogP contribution in [0.15, 0.2) is 0 Å². The van der Waals surface area contributed by atoms with Gasteiger partial charge in [0.1, 0.15) is 12.2 Å². The quantitative estimate of drug-likeness (QED) is 0.471. The molecule has 0 spiro atoms. The van der Waals surface area contributed by atoms with Gasteiger partial charge < -0.3 is 29.5 Å². The van der Waals surface area contributed by atoms with Gasteiger partial charge in [0.2, 0.25) is 5.60 Å². The third-order valence-electron chi connectivity index (χ3n) is 3.82. The van der Waals surface area contributed by atoms with Crippen LogP contribution in [0.4, 0.5) is 4.39 Å². The van der Waals surface area contributed by atoms with Gasteiger partial charge in [-0.15, -0.1) is 0 Å². The van der Waals surface area contributed by atoms with Crippen LogP contribution < -0.4 is 0 Å². The van der Waals surface area contributed by atoms with E-state index in [0.717, 1.165) is 13.8 Å². The molecule has 5 atom stereocenters. The molecule has 11 heteroatoms. The summed E-state index contributed by atoms with van der Waals surface area (Å²) in [7, 11) is 0. The predicted molar refractivity (Wildman–Crippen MR) is 74.4 cm³/mol. The van der Waals surface area contributed by atoms with E-state index in [-0.39, 0.29) is 0 Å². The predicted octanol–water partition coefficient (Wildman–Crippen LogP) is -1.86. The number of ether oxygens (including phenoxy) is 3. The van der Waals surface area contributed by atoms with Gasteiger partial charge in [-0.3, -0.25) is 19.2 Å². The van der Waals surface area contributed by atoms with Gasteiger partial charge in [0.05, 0.1) is 6.61 Å². The van der Waals surface area contributed by atoms with Crippen molar-refractivity contribution in [1.29, 1.82) is 0 Å². The van der Waals surface area contributed by atoms with Gasteiger partial charge >= 0.3 is 23.6 Å². The Morgan fingerprint density at radius 1 is 1.04 bits per heavy atom. The van der Waals surface area contributed by atoms with Crippen LogP contribution in [0.1, 0.15) is 27.7 Å². The first kappa shape index (κ1) is 21.1. The molecule has 0 amide bonds. The summed E-state index contributed by atoms with van der Waals surface area (Å²) in [5.41, 5.74) is -6.98. The molecule has 1 rings (SSSR count). The third-order valence-corrected chi connectivity index (χ3v) is 3.82. The number of esters is 2. The second-order valence-corrected chi connectivity index (χ2v) is 5.57. The number of hydrogen-bond donors (Lipinski definition) is 3. The van der Waals surface area contributed by atoms with Crippen LogP contribution in [0, 0.1) is 0 Å². The maximum Gasteiger partial charge on any atom is 0.418 e. The fourth-order valence-electron chi connectivity index (χ4n) is 2.83. The molecule has 3 N–H and O–H groups in total. The molecule has 0 aromatic carbocycles. The van der Waals surface area contributed by atoms with Gasteiger partial charge in [-0.25, -0.2) is 0 Å². The number of alkyl halides is 1. The minimum Gasteiger partial charge on any atom is -0.437 e. The highest BCUT2D eigenvalue weighted by molar-refractivity contribution is 6.00. The summed E-state index contributed by atoms with van der Waals surface area (Å²) < 4.78 is 29.1. The summed E-state index contributed by atoms with van der Waals surface area (Å²) in [4.78, 5) is 47.1. The van der Waals surface area contributed by atoms with E-state index < -0.39 is 59.6 Å². The van der Waals surface area contributed by atoms with Crippen LogP contribution in [-0.4, -0.2) is 74.9 Å². The minimum absolute atomic E-state index is 0.629. The zero-order chi connectivity index (χ0) is 19.8. The number of carbonyl (C=O) groups excluding carboxylic acids is 4. The topological polar surface area (TPSA) is 157 Å². The summed E-state index contributed by atoms with van der Waals surface area (Å²) in [6.45, 7) is 1.62. The Bertz CT molecular complexity index is 606. The number of aliphatic hydroxyl groups excluding tert-OH is 2. The van der Waals surface area contributed by atoms with Gasteiger partial charge in [0.25, 0.3) is 0 Å². The Morgan fingerprint density at radius 2 is 1.52 bits per heavy atom. The van der Waals surface area contributed by atoms with E-state index in [4.69, 9.17) is 0 Å². The molecule has 0 saturated carbocycles. The SMILES string of the molecule is CC(=O)O[C@@]1(F)O[C@H](CO)[C@@H](O)[C@@](O)(C(C)=O)[C@@]1(OC(C)=O)C(C)=O. The average Bonchev–Trinajstić information content (AvgIpc) is 2.45. The van der Waals surface area contributed by atoms with Crippen molar-refractivity contribution in [3.05, 3.63) is 0 Å². The normalized spacial score (nSPS) is 37.9. The molecule has 1 fully saturated rings. The second-order valence-electron chi connectivity index (χ2n) is 5.57. The first-order chi connectivity index (χ1) is 11.3. The second kappa shape index (κ2) is 6.75. The van der Waals surface area contributed by atoms with Crippen LogP contribution in [0.25, 0.3) is 0 Å². The summed E-state index contributed by atoms with van der Waals surface area (Å²) in [6, 6.07) is -4.00. The number of rotatable bonds is 5. The number of hydrogen-bond acceptors (Lipinski definition) is 10. The minimum atomic E-state index is -4.00. The fourth-order valence-corrected chi connectivity index (χ4v) is 2.83. The summed E-state index contributed by atoms with van der Waals surface area (Å²) in [5, 5.41) is 30.2. The van der Waals surface area contributed by atoms with Gasteiger partial charge in [0.15, 0.2) is 11.6 Å². The number of carbonyl (C=O) groups is 4. The standard InChI is InChI=1S/C14H19FO10/c1-6(17)12(22)11(21)10(5-16)25-14(15,24-9(4)20)13(12,7(2)18)23-8(3)19/h10-11,16,21-22H,5H2,1-4H3/t10-,11-,12+,13+,14-/m1/s1. The van der Waals surface area contributed by atoms with Crippen LogP contribution in [0.2, 0.25) is 0 Å². The van der Waals surface area contributed by atoms with Gasteiger partial charge in [-0.2, -0.15) is 4.39 Å². The largest absolute Gasteiger partial charge is 0.437 e. The Kier molecular flexibility index (Phi) is 5.69. The Morgan fingerprint density at radius 3 is 1.84 bits per heavy atom. The molecule has 142 valence electrons. The summed E-state index contributed by atoms with van der Waals surface area (Å²) in [5.74, 6) is -5.59. The molecular formula is C14H19FO10. The Balaban J connectivity index is 3.89. The van der Waals surface area contributed by atoms with Crippen molar-refractivity contribution < 1.29 is 53.1 Å². The number of aliphatic hydroxyl groups is 3. The van der Waals surface area contributed by atoms with Crippen molar-refractivity contribution in [2.75, 3.05) is 6.61 Å². The van der Waals surface area contributed by atoms with Crippen LogP contribution in [0.3, 0.4) is 0 Å². The summed E-state index contributed by atoms with van der Waals surface area (Å²) in [6.07, 6.45) is -4.38. The zero-order valence-electron chi connectivity index (χ0n) is 13.9. The molecule has 0 bridgehead atoms. The van der Waals surface area contributed by atoms with Crippen molar-refractivity contribution >= 4 is 23.5 Å². The van der Waals surface area contributed by atoms with Crippen molar-refractivity contribution in [1.82, 2.24) is 0 Å².